The van der Waals surface area contributed by atoms with Crippen molar-refractivity contribution in [2.24, 2.45) is 0 Å². The molecule has 0 unspecified atom stereocenters. The summed E-state index contributed by atoms with van der Waals surface area (Å²) in [6.45, 7) is 2.06. The van der Waals surface area contributed by atoms with E-state index < -0.39 is 11.9 Å². The monoisotopic (exact) mass is 200 g/mol. The third-order valence-electron chi connectivity index (χ3n) is 1.87. The normalized spacial score (nSPS) is 11.4. The second kappa shape index (κ2) is 7.12. The average Bonchev–Trinajstić information content (AvgIpc) is 2.09. The van der Waals surface area contributed by atoms with Crippen LogP contribution in [0.1, 0.15) is 39.0 Å². The summed E-state index contributed by atoms with van der Waals surface area (Å²) in [5, 5.41) is 17.0. The number of carbonyl (C=O) groups is 2. The number of unbranched alkanes of at least 4 members (excludes halogenated alkanes) is 3. The van der Waals surface area contributed by atoms with Crippen molar-refractivity contribution in [2.45, 2.75) is 39.0 Å². The summed E-state index contributed by atoms with van der Waals surface area (Å²) in [6.07, 6.45) is 4.92. The highest BCUT2D eigenvalue weighted by atomic mass is 16.4. The van der Waals surface area contributed by atoms with Crippen molar-refractivity contribution in [3.05, 3.63) is 11.6 Å². The first kappa shape index (κ1) is 12.7. The molecule has 0 rings (SSSR count). The van der Waals surface area contributed by atoms with Gasteiger partial charge in [-0.3, -0.25) is 0 Å². The third-order valence-corrected chi connectivity index (χ3v) is 1.87. The maximum Gasteiger partial charge on any atom is 0.331 e. The molecule has 0 aromatic rings. The van der Waals surface area contributed by atoms with Gasteiger partial charge in [0, 0.05) is 11.6 Å². The van der Waals surface area contributed by atoms with Crippen molar-refractivity contribution in [3.63, 3.8) is 0 Å². The van der Waals surface area contributed by atoms with Gasteiger partial charge >= 0.3 is 11.9 Å². The van der Waals surface area contributed by atoms with E-state index in [0.29, 0.717) is 6.42 Å². The fourth-order valence-corrected chi connectivity index (χ4v) is 1.13. The lowest BCUT2D eigenvalue weighted by Gasteiger charge is -2.00. The fraction of sp³-hybridized carbons (Fsp3) is 0.600. The lowest BCUT2D eigenvalue weighted by Crippen LogP contribution is -2.04. The van der Waals surface area contributed by atoms with Crippen LogP contribution in [0.15, 0.2) is 11.6 Å². The first-order valence-corrected chi connectivity index (χ1v) is 4.74. The van der Waals surface area contributed by atoms with Crippen LogP contribution in [-0.2, 0) is 9.59 Å². The minimum absolute atomic E-state index is 0.0198. The molecule has 14 heavy (non-hydrogen) atoms. The number of carboxylic acids is 2. The molecule has 0 radical (unpaired) electrons. The largest absolute Gasteiger partial charge is 0.478 e. The van der Waals surface area contributed by atoms with Gasteiger partial charge in [-0.2, -0.15) is 0 Å². The first-order valence-electron chi connectivity index (χ1n) is 4.74. The van der Waals surface area contributed by atoms with E-state index in [9.17, 15) is 9.59 Å². The number of hydrogen-bond acceptors (Lipinski definition) is 2. The van der Waals surface area contributed by atoms with Gasteiger partial charge in [0.2, 0.25) is 0 Å². The molecule has 0 fully saturated rings. The minimum atomic E-state index is -1.20. The predicted molar refractivity (Wildman–Crippen MR) is 52.1 cm³/mol. The molecule has 0 saturated carbocycles. The molecule has 80 valence electrons. The zero-order valence-corrected chi connectivity index (χ0v) is 8.32. The van der Waals surface area contributed by atoms with Crippen molar-refractivity contribution >= 4 is 11.9 Å². The van der Waals surface area contributed by atoms with Gasteiger partial charge in [0.1, 0.15) is 0 Å². The number of carboxylic acid groups (broad SMARTS) is 2. The second-order valence-corrected chi connectivity index (χ2v) is 3.12. The molecular weight excluding hydrogens is 184 g/mol. The van der Waals surface area contributed by atoms with Crippen molar-refractivity contribution in [1.29, 1.82) is 0 Å². The van der Waals surface area contributed by atoms with Crippen LogP contribution < -0.4 is 0 Å². The van der Waals surface area contributed by atoms with Crippen LogP contribution in [-0.4, -0.2) is 22.2 Å². The second-order valence-electron chi connectivity index (χ2n) is 3.12. The lowest BCUT2D eigenvalue weighted by atomic mass is 10.1. The topological polar surface area (TPSA) is 74.6 Å². The SMILES string of the molecule is CCCCCCC(=CC(=O)O)C(=O)O. The first-order chi connectivity index (χ1) is 6.57. The van der Waals surface area contributed by atoms with E-state index in [1.807, 2.05) is 0 Å². The molecule has 0 bridgehead atoms. The van der Waals surface area contributed by atoms with E-state index in [-0.39, 0.29) is 5.57 Å². The van der Waals surface area contributed by atoms with Gasteiger partial charge in [-0.05, 0) is 12.8 Å². The van der Waals surface area contributed by atoms with Crippen LogP contribution >= 0.6 is 0 Å². The summed E-state index contributed by atoms with van der Waals surface area (Å²) in [4.78, 5) is 20.8. The molecule has 0 aromatic heterocycles. The summed E-state index contributed by atoms with van der Waals surface area (Å²) in [5.74, 6) is -2.33. The summed E-state index contributed by atoms with van der Waals surface area (Å²) in [6, 6.07) is 0. The van der Waals surface area contributed by atoms with Gasteiger partial charge in [-0.1, -0.05) is 26.2 Å². The van der Waals surface area contributed by atoms with Crippen LogP contribution in [0.2, 0.25) is 0 Å². The van der Waals surface area contributed by atoms with E-state index in [0.717, 1.165) is 31.8 Å². The third kappa shape index (κ3) is 6.22. The molecule has 0 atom stereocenters. The molecule has 0 spiro atoms. The number of aliphatic carboxylic acids is 2. The molecule has 0 amide bonds. The minimum Gasteiger partial charge on any atom is -0.478 e. The summed E-state index contributed by atoms with van der Waals surface area (Å²) in [7, 11) is 0. The fourth-order valence-electron chi connectivity index (χ4n) is 1.13. The van der Waals surface area contributed by atoms with Crippen LogP contribution in [0.25, 0.3) is 0 Å². The Hall–Kier alpha value is -1.32. The van der Waals surface area contributed by atoms with Gasteiger partial charge in [0.05, 0.1) is 0 Å². The molecule has 0 saturated heterocycles. The average molecular weight is 200 g/mol. The molecule has 0 aliphatic rings. The Bertz CT molecular complexity index is 230. The van der Waals surface area contributed by atoms with Crippen LogP contribution in [0.3, 0.4) is 0 Å². The van der Waals surface area contributed by atoms with Gasteiger partial charge in [0.15, 0.2) is 0 Å². The van der Waals surface area contributed by atoms with Gasteiger partial charge in [0.25, 0.3) is 0 Å². The molecule has 0 heterocycles. The number of hydrogen-bond donors (Lipinski definition) is 2. The summed E-state index contributed by atoms with van der Waals surface area (Å²) >= 11 is 0. The van der Waals surface area contributed by atoms with Gasteiger partial charge in [-0.25, -0.2) is 9.59 Å². The quantitative estimate of drug-likeness (QED) is 0.487. The zero-order chi connectivity index (χ0) is 11.0. The smallest absolute Gasteiger partial charge is 0.331 e. The maximum atomic E-state index is 10.6. The maximum absolute atomic E-state index is 10.6. The molecule has 0 aliphatic carbocycles. The standard InChI is InChI=1S/C10H16O4/c1-2-3-4-5-6-8(10(13)14)7-9(11)12/h7H,2-6H2,1H3,(H,11,12)(H,13,14). The molecule has 4 heteroatoms. The Morgan fingerprint density at radius 1 is 1.14 bits per heavy atom. The van der Waals surface area contributed by atoms with Crippen molar-refractivity contribution in [3.8, 4) is 0 Å². The lowest BCUT2D eigenvalue weighted by molar-refractivity contribution is -0.135. The Morgan fingerprint density at radius 2 is 1.79 bits per heavy atom. The number of rotatable bonds is 7. The Balaban J connectivity index is 3.99. The van der Waals surface area contributed by atoms with Crippen molar-refractivity contribution in [2.75, 3.05) is 0 Å². The Kier molecular flexibility index (Phi) is 6.45. The molecule has 2 N–H and O–H groups in total. The molecular formula is C10H16O4. The van der Waals surface area contributed by atoms with Crippen molar-refractivity contribution in [1.82, 2.24) is 0 Å². The van der Waals surface area contributed by atoms with Crippen LogP contribution in [0, 0.1) is 0 Å². The highest BCUT2D eigenvalue weighted by Gasteiger charge is 2.08. The molecule has 4 nitrogen and oxygen atoms in total. The van der Waals surface area contributed by atoms with E-state index in [4.69, 9.17) is 10.2 Å². The van der Waals surface area contributed by atoms with E-state index in [1.54, 1.807) is 0 Å². The zero-order valence-electron chi connectivity index (χ0n) is 8.32. The van der Waals surface area contributed by atoms with Crippen LogP contribution in [0.4, 0.5) is 0 Å². The Morgan fingerprint density at radius 3 is 2.21 bits per heavy atom. The van der Waals surface area contributed by atoms with Crippen molar-refractivity contribution < 1.29 is 19.8 Å². The highest BCUT2D eigenvalue weighted by molar-refractivity contribution is 5.94. The van der Waals surface area contributed by atoms with Gasteiger partial charge in [-0.15, -0.1) is 0 Å². The highest BCUT2D eigenvalue weighted by Crippen LogP contribution is 2.10. The predicted octanol–water partition coefficient (Wildman–Crippen LogP) is 2.05. The van der Waals surface area contributed by atoms with E-state index in [1.165, 1.54) is 0 Å². The Labute approximate surface area is 83.2 Å². The van der Waals surface area contributed by atoms with E-state index >= 15 is 0 Å². The molecule has 0 aliphatic heterocycles. The van der Waals surface area contributed by atoms with Crippen LogP contribution in [0.5, 0.6) is 0 Å². The van der Waals surface area contributed by atoms with E-state index in [2.05, 4.69) is 6.92 Å². The summed E-state index contributed by atoms with van der Waals surface area (Å²) in [5.41, 5.74) is -0.0198. The van der Waals surface area contributed by atoms with Gasteiger partial charge < -0.3 is 10.2 Å². The molecule has 0 aromatic carbocycles. The summed E-state index contributed by atoms with van der Waals surface area (Å²) < 4.78 is 0.